The number of phosphoric acid groups is 1. The number of benzene rings is 4. The van der Waals surface area contributed by atoms with Gasteiger partial charge in [0.2, 0.25) is 0 Å². The molecule has 0 amide bonds. The van der Waals surface area contributed by atoms with Crippen molar-refractivity contribution in [3.63, 3.8) is 0 Å². The second-order valence-electron chi connectivity index (χ2n) is 8.86. The van der Waals surface area contributed by atoms with Gasteiger partial charge in [0.1, 0.15) is 17.2 Å². The summed E-state index contributed by atoms with van der Waals surface area (Å²) in [5, 5.41) is 9.73. The summed E-state index contributed by atoms with van der Waals surface area (Å²) in [7, 11) is -4.62. The summed E-state index contributed by atoms with van der Waals surface area (Å²) in [6.07, 6.45) is 0.753. The smallest absolute Gasteiger partial charge is 0.736 e. The van der Waals surface area contributed by atoms with E-state index in [0.29, 0.717) is 0 Å². The largest absolute Gasteiger partial charge is 1.00 e. The Bertz CT molecular complexity index is 1330. The van der Waals surface area contributed by atoms with E-state index in [0.717, 1.165) is 28.7 Å². The maximum atomic E-state index is 12.5. The van der Waals surface area contributed by atoms with Crippen molar-refractivity contribution in [2.24, 2.45) is 0 Å². The number of phenolic OH excluding ortho intramolecular Hbond substituents is 1. The maximum absolute atomic E-state index is 12.5. The second kappa shape index (κ2) is 12.1. The number of aryl methyl sites for hydroxylation is 3. The van der Waals surface area contributed by atoms with Crippen molar-refractivity contribution in [3.8, 4) is 17.2 Å². The molecule has 0 bridgehead atoms. The number of hydrogen-bond acceptors (Lipinski definition) is 5. The first kappa shape index (κ1) is 28.0. The van der Waals surface area contributed by atoms with E-state index in [1.54, 1.807) is 36.4 Å². The molecule has 180 valence electrons. The molecule has 0 aliphatic heterocycles. The summed E-state index contributed by atoms with van der Waals surface area (Å²) in [6, 6.07) is 27.7. The molecule has 0 heterocycles. The number of aromatic hydroxyl groups is 1. The van der Waals surface area contributed by atoms with E-state index in [4.69, 9.17) is 9.05 Å². The minimum absolute atomic E-state index is 0. The normalized spacial score (nSPS) is 13.2. The van der Waals surface area contributed by atoms with Crippen LogP contribution in [0.15, 0.2) is 91.0 Å². The van der Waals surface area contributed by atoms with Crippen LogP contribution in [0.4, 0.5) is 0 Å². The zero-order chi connectivity index (χ0) is 25.0. The Hall–Kier alpha value is -2.53. The predicted octanol–water partition coefficient (Wildman–Crippen LogP) is 3.62. The molecular formula is C29H28NaO5P. The van der Waals surface area contributed by atoms with Gasteiger partial charge in [-0.2, -0.15) is 0 Å². The third-order valence-electron chi connectivity index (χ3n) is 5.73. The van der Waals surface area contributed by atoms with Crippen molar-refractivity contribution in [2.45, 2.75) is 33.1 Å². The number of hydrogen-bond donors (Lipinski definition) is 1. The van der Waals surface area contributed by atoms with Crippen LogP contribution in [0.1, 0.15) is 39.3 Å². The molecule has 7 heteroatoms. The average molecular weight is 511 g/mol. The minimum Gasteiger partial charge on any atom is -0.736 e. The molecule has 2 atom stereocenters. The number of phosphoric ester groups is 1. The first-order valence-electron chi connectivity index (χ1n) is 11.4. The van der Waals surface area contributed by atoms with Gasteiger partial charge in [0.15, 0.2) is 0 Å². The molecule has 1 N–H and O–H groups in total. The summed E-state index contributed by atoms with van der Waals surface area (Å²) in [5.41, 5.74) is 6.22. The molecule has 0 saturated carbocycles. The van der Waals surface area contributed by atoms with E-state index in [9.17, 15) is 14.6 Å². The molecule has 0 aromatic heterocycles. The van der Waals surface area contributed by atoms with Gasteiger partial charge in [-0.3, -0.25) is 0 Å². The predicted molar refractivity (Wildman–Crippen MR) is 136 cm³/mol. The average Bonchev–Trinajstić information content (AvgIpc) is 2.77. The topological polar surface area (TPSA) is 78.8 Å². The zero-order valence-electron chi connectivity index (χ0n) is 21.0. The van der Waals surface area contributed by atoms with Crippen LogP contribution in [-0.2, 0) is 11.0 Å². The van der Waals surface area contributed by atoms with E-state index >= 15 is 0 Å². The molecule has 0 radical (unpaired) electrons. The molecule has 4 aromatic carbocycles. The Balaban J connectivity index is 0.00000361. The molecule has 0 saturated heterocycles. The van der Waals surface area contributed by atoms with Gasteiger partial charge in [-0.15, -0.1) is 0 Å². The van der Waals surface area contributed by atoms with Gasteiger partial charge in [-0.1, -0.05) is 60.2 Å². The summed E-state index contributed by atoms with van der Waals surface area (Å²) >= 11 is 0. The molecule has 0 aliphatic rings. The fraction of sp³-hybridized carbons (Fsp3) is 0.172. The van der Waals surface area contributed by atoms with Crippen LogP contribution in [-0.4, -0.2) is 5.11 Å². The standard InChI is InChI=1S/C29H29O5P.Na/c1-20-5-4-6-23(16-20)19-29(24-7-11-26(30)12-8-24)25-9-13-27(14-10-25)33-35(31,32)34-28-17-21(2)15-22(3)18-28;/h4-18,29-30H,19H2,1-3H3,(H,31,32);/q;+1/p-1. The maximum Gasteiger partial charge on any atom is 1.00 e. The van der Waals surface area contributed by atoms with Crippen LogP contribution in [0.2, 0.25) is 0 Å². The molecule has 2 unspecified atom stereocenters. The van der Waals surface area contributed by atoms with E-state index in [1.807, 2.05) is 50.2 Å². The number of rotatable bonds is 8. The van der Waals surface area contributed by atoms with E-state index in [-0.39, 0.29) is 52.7 Å². The van der Waals surface area contributed by atoms with Crippen LogP contribution >= 0.6 is 7.82 Å². The Morgan fingerprint density at radius 2 is 1.31 bits per heavy atom. The van der Waals surface area contributed by atoms with E-state index in [1.165, 1.54) is 11.1 Å². The molecule has 4 aromatic rings. The van der Waals surface area contributed by atoms with Gasteiger partial charge in [-0.25, -0.2) is 4.57 Å². The molecule has 36 heavy (non-hydrogen) atoms. The van der Waals surface area contributed by atoms with Gasteiger partial charge in [-0.05, 0) is 91.4 Å². The third-order valence-corrected chi connectivity index (χ3v) is 6.60. The quantitative estimate of drug-likeness (QED) is 0.289. The fourth-order valence-corrected chi connectivity index (χ4v) is 5.01. The molecule has 4 rings (SSSR count). The monoisotopic (exact) mass is 510 g/mol. The molecule has 0 aliphatic carbocycles. The molecule has 0 fully saturated rings. The van der Waals surface area contributed by atoms with Crippen molar-refractivity contribution in [3.05, 3.63) is 124 Å². The van der Waals surface area contributed by atoms with Gasteiger partial charge in [0.05, 0.1) is 0 Å². The van der Waals surface area contributed by atoms with Crippen LogP contribution in [0.3, 0.4) is 0 Å². The number of phenols is 1. The van der Waals surface area contributed by atoms with E-state index in [2.05, 4.69) is 25.1 Å². The Labute approximate surface area is 234 Å². The van der Waals surface area contributed by atoms with E-state index < -0.39 is 7.82 Å². The second-order valence-corrected chi connectivity index (χ2v) is 10.1. The van der Waals surface area contributed by atoms with Crippen molar-refractivity contribution in [2.75, 3.05) is 0 Å². The zero-order valence-corrected chi connectivity index (χ0v) is 23.9. The first-order chi connectivity index (χ1) is 16.7. The minimum atomic E-state index is -4.62. The Kier molecular flexibility index (Phi) is 9.46. The SMILES string of the molecule is Cc1cccc(CC(c2ccc(O)cc2)c2ccc(OP(=O)([O-])Oc3cc(C)cc(C)c3)cc2)c1.[Na+]. The fourth-order valence-electron chi connectivity index (χ4n) is 4.23. The van der Waals surface area contributed by atoms with Gasteiger partial charge >= 0.3 is 37.4 Å². The summed E-state index contributed by atoms with van der Waals surface area (Å²) in [5.74, 6) is 0.623. The van der Waals surface area contributed by atoms with Crippen molar-refractivity contribution in [1.29, 1.82) is 0 Å². The van der Waals surface area contributed by atoms with Crippen LogP contribution in [0, 0.1) is 20.8 Å². The van der Waals surface area contributed by atoms with Crippen LogP contribution in [0.5, 0.6) is 17.2 Å². The van der Waals surface area contributed by atoms with Gasteiger partial charge in [0.25, 0.3) is 0 Å². The Morgan fingerprint density at radius 1 is 0.750 bits per heavy atom. The van der Waals surface area contributed by atoms with Crippen LogP contribution in [0.25, 0.3) is 0 Å². The molecular weight excluding hydrogens is 482 g/mol. The third kappa shape index (κ3) is 7.73. The summed E-state index contributed by atoms with van der Waals surface area (Å²) in [6.45, 7) is 5.81. The first-order valence-corrected chi connectivity index (χ1v) is 12.9. The Morgan fingerprint density at radius 3 is 1.89 bits per heavy atom. The van der Waals surface area contributed by atoms with Crippen molar-refractivity contribution >= 4 is 7.82 Å². The molecule has 0 spiro atoms. The van der Waals surface area contributed by atoms with Crippen molar-refractivity contribution < 1.29 is 53.2 Å². The summed E-state index contributed by atoms with van der Waals surface area (Å²) in [4.78, 5) is 12.5. The summed E-state index contributed by atoms with van der Waals surface area (Å²) < 4.78 is 22.9. The van der Waals surface area contributed by atoms with Gasteiger partial charge in [0, 0.05) is 5.92 Å². The molecule has 5 nitrogen and oxygen atoms in total. The van der Waals surface area contributed by atoms with Gasteiger partial charge < -0.3 is 19.0 Å². The van der Waals surface area contributed by atoms with Crippen LogP contribution < -0.4 is 43.5 Å². The van der Waals surface area contributed by atoms with Crippen molar-refractivity contribution in [1.82, 2.24) is 0 Å².